The Hall–Kier alpha value is -0.670. The molecule has 1 heterocycles. The molecule has 1 amide bonds. The van der Waals surface area contributed by atoms with Crippen molar-refractivity contribution >= 4 is 29.3 Å². The maximum atomic E-state index is 12.3. The van der Waals surface area contributed by atoms with Crippen molar-refractivity contribution in [2.75, 3.05) is 18.6 Å². The maximum Gasteiger partial charge on any atom is 0.253 e. The fraction of sp³-hybridized carbons (Fsp3) is 0.462. The second kappa shape index (κ2) is 5.78. The normalized spacial score (nSPS) is 19.3. The smallest absolute Gasteiger partial charge is 0.253 e. The lowest BCUT2D eigenvalue weighted by Gasteiger charge is -2.24. The summed E-state index contributed by atoms with van der Waals surface area (Å²) in [4.78, 5) is 14.1. The lowest BCUT2D eigenvalue weighted by Crippen LogP contribution is -2.36. The molecule has 1 unspecified atom stereocenters. The minimum Gasteiger partial charge on any atom is -0.338 e. The molecule has 1 saturated heterocycles. The number of halogens is 1. The number of thioether (sulfide) groups is 1. The van der Waals surface area contributed by atoms with Crippen LogP contribution in [0.25, 0.3) is 0 Å². The maximum absolute atomic E-state index is 12.3. The molecule has 0 saturated carbocycles. The third-order valence-corrected chi connectivity index (χ3v) is 4.56. The van der Waals surface area contributed by atoms with Gasteiger partial charge in [-0.3, -0.25) is 4.79 Å². The molecule has 0 spiro atoms. The van der Waals surface area contributed by atoms with Gasteiger partial charge in [-0.1, -0.05) is 12.1 Å². The van der Waals surface area contributed by atoms with Crippen molar-refractivity contribution in [2.24, 2.45) is 0 Å². The van der Waals surface area contributed by atoms with Crippen LogP contribution in [0.3, 0.4) is 0 Å². The SMILES string of the molecule is CN(C(=O)c1cccc(CCl)c1)C1CCSC1. The van der Waals surface area contributed by atoms with E-state index in [0.717, 1.165) is 29.1 Å². The molecule has 2 rings (SSSR count). The topological polar surface area (TPSA) is 20.3 Å². The first-order valence-corrected chi connectivity index (χ1v) is 7.41. The van der Waals surface area contributed by atoms with E-state index in [2.05, 4.69) is 0 Å². The van der Waals surface area contributed by atoms with Gasteiger partial charge in [0, 0.05) is 30.3 Å². The standard InChI is InChI=1S/C13H16ClNOS/c1-15(12-5-6-17-9-12)13(16)11-4-2-3-10(7-11)8-14/h2-4,7,12H,5-6,8-9H2,1H3. The molecule has 17 heavy (non-hydrogen) atoms. The van der Waals surface area contributed by atoms with Crippen LogP contribution >= 0.6 is 23.4 Å². The Kier molecular flexibility index (Phi) is 4.35. The molecule has 0 aliphatic carbocycles. The Morgan fingerprint density at radius 1 is 1.59 bits per heavy atom. The van der Waals surface area contributed by atoms with Crippen molar-refractivity contribution in [1.82, 2.24) is 4.90 Å². The van der Waals surface area contributed by atoms with Crippen LogP contribution in [0.4, 0.5) is 0 Å². The molecule has 1 aromatic carbocycles. The third-order valence-electron chi connectivity index (χ3n) is 3.10. The van der Waals surface area contributed by atoms with Crippen molar-refractivity contribution < 1.29 is 4.79 Å². The number of nitrogens with zero attached hydrogens (tertiary/aromatic N) is 1. The molecule has 0 N–H and O–H groups in total. The summed E-state index contributed by atoms with van der Waals surface area (Å²) in [6, 6.07) is 7.95. The van der Waals surface area contributed by atoms with Crippen molar-refractivity contribution in [2.45, 2.75) is 18.3 Å². The van der Waals surface area contributed by atoms with Gasteiger partial charge in [-0.15, -0.1) is 11.6 Å². The van der Waals surface area contributed by atoms with Gasteiger partial charge in [-0.05, 0) is 29.9 Å². The minimum absolute atomic E-state index is 0.101. The highest BCUT2D eigenvalue weighted by Gasteiger charge is 2.24. The zero-order valence-corrected chi connectivity index (χ0v) is 11.4. The van der Waals surface area contributed by atoms with Crippen molar-refractivity contribution in [3.05, 3.63) is 35.4 Å². The number of benzene rings is 1. The summed E-state index contributed by atoms with van der Waals surface area (Å²) in [5.74, 6) is 2.76. The van der Waals surface area contributed by atoms with Crippen LogP contribution in [0, 0.1) is 0 Å². The monoisotopic (exact) mass is 269 g/mol. The lowest BCUT2D eigenvalue weighted by molar-refractivity contribution is 0.0748. The van der Waals surface area contributed by atoms with Crippen LogP contribution in [-0.4, -0.2) is 35.4 Å². The first-order valence-electron chi connectivity index (χ1n) is 5.72. The second-order valence-corrected chi connectivity index (χ2v) is 5.68. The number of carbonyl (C=O) groups excluding carboxylic acids is 1. The number of amides is 1. The summed E-state index contributed by atoms with van der Waals surface area (Å²) in [6.07, 6.45) is 1.10. The Labute approximate surface area is 111 Å². The van der Waals surface area contributed by atoms with Crippen LogP contribution in [0.15, 0.2) is 24.3 Å². The van der Waals surface area contributed by atoms with E-state index in [4.69, 9.17) is 11.6 Å². The summed E-state index contributed by atoms with van der Waals surface area (Å²) < 4.78 is 0. The van der Waals surface area contributed by atoms with Gasteiger partial charge in [0.25, 0.3) is 5.91 Å². The first kappa shape index (κ1) is 12.8. The highest BCUT2D eigenvalue weighted by Crippen LogP contribution is 2.22. The fourth-order valence-corrected chi connectivity index (χ4v) is 3.42. The molecule has 0 aromatic heterocycles. The number of hydrogen-bond donors (Lipinski definition) is 0. The average molecular weight is 270 g/mol. The van der Waals surface area contributed by atoms with Gasteiger partial charge in [0.15, 0.2) is 0 Å². The summed E-state index contributed by atoms with van der Waals surface area (Å²) in [7, 11) is 1.90. The summed E-state index contributed by atoms with van der Waals surface area (Å²) in [6.45, 7) is 0. The van der Waals surface area contributed by atoms with Gasteiger partial charge in [0.1, 0.15) is 0 Å². The molecule has 1 aliphatic heterocycles. The van der Waals surface area contributed by atoms with E-state index in [9.17, 15) is 4.79 Å². The molecule has 1 aromatic rings. The van der Waals surface area contributed by atoms with Gasteiger partial charge in [0.05, 0.1) is 0 Å². The molecule has 1 atom stereocenters. The van der Waals surface area contributed by atoms with E-state index in [1.807, 2.05) is 48.0 Å². The van der Waals surface area contributed by atoms with E-state index < -0.39 is 0 Å². The van der Waals surface area contributed by atoms with Gasteiger partial charge < -0.3 is 4.90 Å². The van der Waals surface area contributed by atoms with Crippen LogP contribution < -0.4 is 0 Å². The van der Waals surface area contributed by atoms with Crippen LogP contribution in [0.5, 0.6) is 0 Å². The van der Waals surface area contributed by atoms with Crippen LogP contribution in [0.2, 0.25) is 0 Å². The number of carbonyl (C=O) groups is 1. The zero-order chi connectivity index (χ0) is 12.3. The molecule has 0 radical (unpaired) electrons. The van der Waals surface area contributed by atoms with Crippen molar-refractivity contribution in [3.63, 3.8) is 0 Å². The van der Waals surface area contributed by atoms with Crippen LogP contribution in [-0.2, 0) is 5.88 Å². The highest BCUT2D eigenvalue weighted by atomic mass is 35.5. The first-order chi connectivity index (χ1) is 8.22. The number of hydrogen-bond acceptors (Lipinski definition) is 2. The quantitative estimate of drug-likeness (QED) is 0.787. The molecule has 1 fully saturated rings. The predicted molar refractivity (Wildman–Crippen MR) is 73.8 cm³/mol. The predicted octanol–water partition coefficient (Wildman–Crippen LogP) is 3.00. The Morgan fingerprint density at radius 2 is 2.41 bits per heavy atom. The second-order valence-electron chi connectivity index (χ2n) is 4.27. The van der Waals surface area contributed by atoms with Crippen molar-refractivity contribution in [1.29, 1.82) is 0 Å². The lowest BCUT2D eigenvalue weighted by atomic mass is 10.1. The zero-order valence-electron chi connectivity index (χ0n) is 9.86. The number of alkyl halides is 1. The van der Waals surface area contributed by atoms with E-state index in [0.29, 0.717) is 11.9 Å². The van der Waals surface area contributed by atoms with Gasteiger partial charge >= 0.3 is 0 Å². The molecule has 1 aliphatic rings. The molecule has 0 bridgehead atoms. The summed E-state index contributed by atoms with van der Waals surface area (Å²) in [5.41, 5.74) is 1.73. The minimum atomic E-state index is 0.101. The van der Waals surface area contributed by atoms with E-state index in [1.165, 1.54) is 0 Å². The van der Waals surface area contributed by atoms with Gasteiger partial charge in [0.2, 0.25) is 0 Å². The molecular formula is C13H16ClNOS. The Morgan fingerprint density at radius 3 is 3.06 bits per heavy atom. The van der Waals surface area contributed by atoms with Gasteiger partial charge in [-0.2, -0.15) is 11.8 Å². The van der Waals surface area contributed by atoms with E-state index in [-0.39, 0.29) is 5.91 Å². The summed E-state index contributed by atoms with van der Waals surface area (Å²) in [5, 5.41) is 0. The van der Waals surface area contributed by atoms with Crippen LogP contribution in [0.1, 0.15) is 22.3 Å². The number of rotatable bonds is 3. The Bertz CT molecular complexity index is 404. The highest BCUT2D eigenvalue weighted by molar-refractivity contribution is 7.99. The molecule has 4 heteroatoms. The molecular weight excluding hydrogens is 254 g/mol. The van der Waals surface area contributed by atoms with Crippen molar-refractivity contribution in [3.8, 4) is 0 Å². The average Bonchev–Trinajstić information content (AvgIpc) is 2.91. The molecule has 2 nitrogen and oxygen atoms in total. The largest absolute Gasteiger partial charge is 0.338 e. The van der Waals surface area contributed by atoms with E-state index in [1.54, 1.807) is 0 Å². The third kappa shape index (κ3) is 2.96. The fourth-order valence-electron chi connectivity index (χ4n) is 1.98. The van der Waals surface area contributed by atoms with E-state index >= 15 is 0 Å². The molecule has 92 valence electrons. The summed E-state index contributed by atoms with van der Waals surface area (Å²) >= 11 is 7.70. The Balaban J connectivity index is 2.12. The van der Waals surface area contributed by atoms with Gasteiger partial charge in [-0.25, -0.2) is 0 Å².